The molecule has 0 aliphatic heterocycles. The van der Waals surface area contributed by atoms with Gasteiger partial charge in [-0.05, 0) is 117 Å². The first kappa shape index (κ1) is 36.1. The van der Waals surface area contributed by atoms with E-state index in [1.54, 1.807) is 6.20 Å². The second kappa shape index (κ2) is 14.5. The molecule has 11 aromatic carbocycles. The Hall–Kier alpha value is -8.60. The van der Waals surface area contributed by atoms with Gasteiger partial charge in [-0.3, -0.25) is 4.98 Å². The van der Waals surface area contributed by atoms with E-state index in [0.29, 0.717) is 17.5 Å². The molecule has 0 aliphatic rings. The van der Waals surface area contributed by atoms with Gasteiger partial charge in [0.05, 0.1) is 0 Å². The molecule has 4 nitrogen and oxygen atoms in total. The van der Waals surface area contributed by atoms with Crippen molar-refractivity contribution in [3.8, 4) is 67.5 Å². The molecule has 0 radical (unpaired) electrons. The van der Waals surface area contributed by atoms with Crippen LogP contribution in [-0.2, 0) is 0 Å². The molecule has 0 saturated carbocycles. The van der Waals surface area contributed by atoms with Crippen LogP contribution in [0, 0.1) is 0 Å². The summed E-state index contributed by atoms with van der Waals surface area (Å²) in [5.41, 5.74) is 9.33. The predicted octanol–water partition coefficient (Wildman–Crippen LogP) is 15.6. The monoisotopic (exact) mass is 812 g/mol. The largest absolute Gasteiger partial charge is 0.264 e. The normalized spacial score (nSPS) is 11.8. The molecule has 0 aliphatic carbocycles. The summed E-state index contributed by atoms with van der Waals surface area (Å²) in [6, 6.07) is 74.1. The van der Waals surface area contributed by atoms with E-state index >= 15 is 0 Å². The van der Waals surface area contributed by atoms with Crippen molar-refractivity contribution < 1.29 is 0 Å². The Kier molecular flexibility index (Phi) is 8.18. The number of nitrogens with zero attached hydrogens (tertiary/aromatic N) is 4. The van der Waals surface area contributed by atoms with Crippen LogP contribution in [0.1, 0.15) is 0 Å². The van der Waals surface area contributed by atoms with Gasteiger partial charge >= 0.3 is 0 Å². The van der Waals surface area contributed by atoms with E-state index < -0.39 is 0 Å². The molecule has 64 heavy (non-hydrogen) atoms. The van der Waals surface area contributed by atoms with Crippen LogP contribution in [0.15, 0.2) is 219 Å². The first-order valence-electron chi connectivity index (χ1n) is 21.7. The molecule has 2 aromatic heterocycles. The third-order valence-corrected chi connectivity index (χ3v) is 12.9. The van der Waals surface area contributed by atoms with Crippen LogP contribution in [0.2, 0.25) is 0 Å². The lowest BCUT2D eigenvalue weighted by molar-refractivity contribution is 1.07. The lowest BCUT2D eigenvalue weighted by Crippen LogP contribution is -2.01. The zero-order valence-corrected chi connectivity index (χ0v) is 34.6. The molecular formula is C60H36N4. The summed E-state index contributed by atoms with van der Waals surface area (Å²) in [5, 5.41) is 15.4. The molecule has 0 atom stereocenters. The predicted molar refractivity (Wildman–Crippen MR) is 266 cm³/mol. The van der Waals surface area contributed by atoms with Gasteiger partial charge in [0.1, 0.15) is 0 Å². The molecule has 296 valence electrons. The highest BCUT2D eigenvalue weighted by Crippen LogP contribution is 2.45. The summed E-state index contributed by atoms with van der Waals surface area (Å²) < 4.78 is 0. The van der Waals surface area contributed by atoms with Crippen LogP contribution in [0.5, 0.6) is 0 Å². The van der Waals surface area contributed by atoms with Crippen molar-refractivity contribution in [3.63, 3.8) is 0 Å². The lowest BCUT2D eigenvalue weighted by Gasteiger charge is -2.17. The average Bonchev–Trinajstić information content (AvgIpc) is 3.37. The molecule has 0 saturated heterocycles. The quantitative estimate of drug-likeness (QED) is 0.157. The van der Waals surface area contributed by atoms with Crippen molar-refractivity contribution in [3.05, 3.63) is 219 Å². The Morgan fingerprint density at radius 3 is 1.44 bits per heavy atom. The van der Waals surface area contributed by atoms with E-state index in [1.165, 1.54) is 70.2 Å². The smallest absolute Gasteiger partial charge is 0.164 e. The van der Waals surface area contributed by atoms with Gasteiger partial charge in [-0.15, -0.1) is 0 Å². The van der Waals surface area contributed by atoms with E-state index in [2.05, 4.69) is 169 Å². The van der Waals surface area contributed by atoms with E-state index in [1.807, 2.05) is 48.7 Å². The van der Waals surface area contributed by atoms with Crippen LogP contribution in [0.4, 0.5) is 0 Å². The minimum atomic E-state index is 0.613. The summed E-state index contributed by atoms with van der Waals surface area (Å²) in [7, 11) is 0. The summed E-state index contributed by atoms with van der Waals surface area (Å²) in [4.78, 5) is 19.7. The maximum Gasteiger partial charge on any atom is 0.164 e. The summed E-state index contributed by atoms with van der Waals surface area (Å²) in [6.45, 7) is 0. The van der Waals surface area contributed by atoms with Gasteiger partial charge in [0.2, 0.25) is 0 Å². The molecular weight excluding hydrogens is 777 g/mol. The Morgan fingerprint density at radius 2 is 0.766 bits per heavy atom. The number of rotatable bonds is 6. The minimum Gasteiger partial charge on any atom is -0.264 e. The van der Waals surface area contributed by atoms with Gasteiger partial charge in [0.15, 0.2) is 17.5 Å². The molecule has 0 N–H and O–H groups in total. The second-order valence-corrected chi connectivity index (χ2v) is 16.6. The molecule has 0 bridgehead atoms. The van der Waals surface area contributed by atoms with Gasteiger partial charge in [-0.25, -0.2) is 15.0 Å². The first-order chi connectivity index (χ1) is 31.7. The highest BCUT2D eigenvalue weighted by atomic mass is 15.0. The number of pyridine rings is 1. The Labute approximate surface area is 369 Å². The fourth-order valence-corrected chi connectivity index (χ4v) is 9.94. The number of hydrogen-bond donors (Lipinski definition) is 0. The zero-order chi connectivity index (χ0) is 42.1. The Balaban J connectivity index is 0.964. The molecule has 13 rings (SSSR count). The van der Waals surface area contributed by atoms with Gasteiger partial charge in [0, 0.05) is 34.6 Å². The topological polar surface area (TPSA) is 51.6 Å². The van der Waals surface area contributed by atoms with E-state index in [0.717, 1.165) is 44.5 Å². The molecule has 0 unspecified atom stereocenters. The fourth-order valence-electron chi connectivity index (χ4n) is 9.94. The summed E-state index contributed by atoms with van der Waals surface area (Å²) in [5.74, 6) is 1.86. The fraction of sp³-hybridized carbons (Fsp3) is 0. The van der Waals surface area contributed by atoms with Crippen LogP contribution < -0.4 is 0 Å². The lowest BCUT2D eigenvalue weighted by atomic mass is 9.86. The molecule has 0 amide bonds. The summed E-state index contributed by atoms with van der Waals surface area (Å²) >= 11 is 0. The molecule has 4 heteroatoms. The van der Waals surface area contributed by atoms with Crippen LogP contribution in [0.3, 0.4) is 0 Å². The number of fused-ring (bicyclic) bond motifs is 2. The van der Waals surface area contributed by atoms with Crippen molar-refractivity contribution in [1.29, 1.82) is 0 Å². The zero-order valence-electron chi connectivity index (χ0n) is 34.6. The van der Waals surface area contributed by atoms with Gasteiger partial charge in [-0.2, -0.15) is 0 Å². The maximum absolute atomic E-state index is 5.18. The molecule has 0 spiro atoms. The van der Waals surface area contributed by atoms with Crippen LogP contribution in [0.25, 0.3) is 132 Å². The maximum atomic E-state index is 5.18. The molecule has 13 aromatic rings. The summed E-state index contributed by atoms with van der Waals surface area (Å²) in [6.07, 6.45) is 3.67. The van der Waals surface area contributed by atoms with Crippen molar-refractivity contribution in [2.75, 3.05) is 0 Å². The van der Waals surface area contributed by atoms with Gasteiger partial charge in [-0.1, -0.05) is 182 Å². The van der Waals surface area contributed by atoms with E-state index in [4.69, 9.17) is 15.0 Å². The Morgan fingerprint density at radius 1 is 0.250 bits per heavy atom. The van der Waals surface area contributed by atoms with Crippen molar-refractivity contribution in [2.24, 2.45) is 0 Å². The van der Waals surface area contributed by atoms with Crippen LogP contribution >= 0.6 is 0 Å². The van der Waals surface area contributed by atoms with E-state index in [-0.39, 0.29) is 0 Å². The Bertz CT molecular complexity index is 3930. The van der Waals surface area contributed by atoms with Crippen molar-refractivity contribution >= 4 is 64.6 Å². The number of aromatic nitrogens is 4. The second-order valence-electron chi connectivity index (χ2n) is 16.6. The highest BCUT2D eigenvalue weighted by Gasteiger charge is 2.19. The standard InChI is InChI=1S/C60H36N4/c1-2-11-42(12-3-1)58-62-59(45-17-6-16-43(33-45)46-18-10-32-61-36-46)64-60(63-58)52-20-5-4-19-48(52)38-26-24-37(25-27-38)47-34-44-31-30-41-14-8-22-50-49-21-7-13-39-28-29-40-15-9-23-51(56(40)54(39)49)53(35-47)57(44)55(41)50/h1-36H. The number of benzene rings is 10. The third kappa shape index (κ3) is 5.84. The minimum absolute atomic E-state index is 0.613. The van der Waals surface area contributed by atoms with Gasteiger partial charge in [0.25, 0.3) is 0 Å². The average molecular weight is 813 g/mol. The SMILES string of the molecule is c1ccc(-c2nc(-c3cccc(-c4cccnc4)c3)nc(-c3ccccc3-c3ccc(-c4cc5ccc6cccc7c8cccc9ccc%10cccc(c(c4)c5c67)c%10c98)cc3)n2)cc1. The van der Waals surface area contributed by atoms with Crippen molar-refractivity contribution in [1.82, 2.24) is 19.9 Å². The number of hydrogen-bond acceptors (Lipinski definition) is 4. The highest BCUT2D eigenvalue weighted by molar-refractivity contribution is 6.37. The van der Waals surface area contributed by atoms with Crippen molar-refractivity contribution in [2.45, 2.75) is 0 Å². The molecule has 0 fully saturated rings. The van der Waals surface area contributed by atoms with Crippen LogP contribution in [-0.4, -0.2) is 19.9 Å². The third-order valence-electron chi connectivity index (χ3n) is 12.9. The van der Waals surface area contributed by atoms with E-state index in [9.17, 15) is 0 Å². The molecule has 2 heterocycles. The van der Waals surface area contributed by atoms with Gasteiger partial charge < -0.3 is 0 Å². The first-order valence-corrected chi connectivity index (χ1v) is 21.7.